The molecule has 116 valence electrons. The van der Waals surface area contributed by atoms with Crippen LogP contribution in [-0.2, 0) is 4.79 Å². The molecule has 4 heteroatoms. The molecule has 2 rings (SSSR count). The van der Waals surface area contributed by atoms with E-state index in [0.717, 1.165) is 24.4 Å². The van der Waals surface area contributed by atoms with Gasteiger partial charge in [-0.05, 0) is 44.9 Å². The molecule has 0 spiro atoms. The highest BCUT2D eigenvalue weighted by atomic mass is 32.2. The number of nitrogens with one attached hydrogen (secondary N) is 1. The second-order valence-electron chi connectivity index (χ2n) is 5.69. The topological polar surface area (TPSA) is 32.3 Å². The summed E-state index contributed by atoms with van der Waals surface area (Å²) in [6.07, 6.45) is 5.06. The molecule has 0 radical (unpaired) electrons. The largest absolute Gasteiger partial charge is 0.355 e. The molecule has 1 aliphatic rings. The van der Waals surface area contributed by atoms with Crippen molar-refractivity contribution in [2.45, 2.75) is 43.5 Å². The molecular formula is C17H26N2OS. The van der Waals surface area contributed by atoms with Gasteiger partial charge in [0.1, 0.15) is 0 Å². The smallest absolute Gasteiger partial charge is 0.230 e. The van der Waals surface area contributed by atoms with Crippen LogP contribution in [0.25, 0.3) is 0 Å². The fourth-order valence-electron chi connectivity index (χ4n) is 2.72. The van der Waals surface area contributed by atoms with E-state index in [2.05, 4.69) is 17.1 Å². The lowest BCUT2D eigenvalue weighted by Crippen LogP contribution is -2.39. The Morgan fingerprint density at radius 3 is 2.90 bits per heavy atom. The van der Waals surface area contributed by atoms with Gasteiger partial charge in [-0.3, -0.25) is 4.79 Å². The van der Waals surface area contributed by atoms with E-state index < -0.39 is 0 Å². The molecule has 0 aromatic heterocycles. The van der Waals surface area contributed by atoms with Crippen LogP contribution in [0, 0.1) is 0 Å². The highest BCUT2D eigenvalue weighted by Crippen LogP contribution is 2.17. The van der Waals surface area contributed by atoms with E-state index >= 15 is 0 Å². The van der Waals surface area contributed by atoms with Crippen LogP contribution in [-0.4, -0.2) is 42.2 Å². The molecule has 0 aliphatic carbocycles. The SMILES string of the molecule is CC1CCCCN1CCCNC(=O)CSc1ccccc1. The second kappa shape index (κ2) is 9.11. The van der Waals surface area contributed by atoms with E-state index in [1.54, 1.807) is 11.8 Å². The zero-order valence-electron chi connectivity index (χ0n) is 12.9. The van der Waals surface area contributed by atoms with E-state index in [4.69, 9.17) is 0 Å². The molecule has 0 saturated carbocycles. The Morgan fingerprint density at radius 2 is 2.14 bits per heavy atom. The predicted octanol–water partition coefficient (Wildman–Crippen LogP) is 3.16. The maximum Gasteiger partial charge on any atom is 0.230 e. The molecule has 1 aromatic carbocycles. The molecule has 0 bridgehead atoms. The molecule has 1 aliphatic heterocycles. The summed E-state index contributed by atoms with van der Waals surface area (Å²) >= 11 is 1.59. The van der Waals surface area contributed by atoms with Crippen LogP contribution in [0.2, 0.25) is 0 Å². The first-order valence-electron chi connectivity index (χ1n) is 7.94. The van der Waals surface area contributed by atoms with Crippen LogP contribution < -0.4 is 5.32 Å². The molecule has 1 aromatic rings. The minimum absolute atomic E-state index is 0.135. The molecule has 1 unspecified atom stereocenters. The van der Waals surface area contributed by atoms with Gasteiger partial charge >= 0.3 is 0 Å². The third-order valence-corrected chi connectivity index (χ3v) is 5.01. The zero-order valence-corrected chi connectivity index (χ0v) is 13.7. The summed E-state index contributed by atoms with van der Waals surface area (Å²) in [7, 11) is 0. The number of piperidine rings is 1. The summed E-state index contributed by atoms with van der Waals surface area (Å²) in [6, 6.07) is 10.8. The number of benzene rings is 1. The van der Waals surface area contributed by atoms with Gasteiger partial charge < -0.3 is 10.2 Å². The van der Waals surface area contributed by atoms with Crippen molar-refractivity contribution in [3.05, 3.63) is 30.3 Å². The van der Waals surface area contributed by atoms with E-state index in [1.807, 2.05) is 30.3 Å². The van der Waals surface area contributed by atoms with Crippen LogP contribution in [0.15, 0.2) is 35.2 Å². The first-order valence-corrected chi connectivity index (χ1v) is 8.93. The predicted molar refractivity (Wildman–Crippen MR) is 89.7 cm³/mol. The van der Waals surface area contributed by atoms with Crippen molar-refractivity contribution in [3.63, 3.8) is 0 Å². The first kappa shape index (κ1) is 16.4. The lowest BCUT2D eigenvalue weighted by molar-refractivity contribution is -0.118. The van der Waals surface area contributed by atoms with Gasteiger partial charge in [-0.2, -0.15) is 0 Å². The molecule has 1 N–H and O–H groups in total. The first-order chi connectivity index (χ1) is 10.3. The van der Waals surface area contributed by atoms with E-state index in [1.165, 1.54) is 25.8 Å². The van der Waals surface area contributed by atoms with Gasteiger partial charge in [-0.15, -0.1) is 11.8 Å². The van der Waals surface area contributed by atoms with Gasteiger partial charge in [0.25, 0.3) is 0 Å². The quantitative estimate of drug-likeness (QED) is 0.620. The Kier molecular flexibility index (Phi) is 7.10. The number of thioether (sulfide) groups is 1. The standard InChI is InChI=1S/C17H26N2OS/c1-15-8-5-6-12-19(15)13-7-11-18-17(20)14-21-16-9-3-2-4-10-16/h2-4,9-10,15H,5-8,11-14H2,1H3,(H,18,20). The van der Waals surface area contributed by atoms with Crippen molar-refractivity contribution < 1.29 is 4.79 Å². The van der Waals surface area contributed by atoms with E-state index in [9.17, 15) is 4.79 Å². The van der Waals surface area contributed by atoms with Gasteiger partial charge in [-0.1, -0.05) is 24.6 Å². The van der Waals surface area contributed by atoms with Gasteiger partial charge in [0, 0.05) is 24.0 Å². The summed E-state index contributed by atoms with van der Waals surface area (Å²) < 4.78 is 0. The summed E-state index contributed by atoms with van der Waals surface area (Å²) in [5.41, 5.74) is 0. The summed E-state index contributed by atoms with van der Waals surface area (Å²) in [6.45, 7) is 5.43. The Balaban J connectivity index is 1.55. The number of nitrogens with zero attached hydrogens (tertiary/aromatic N) is 1. The fourth-order valence-corrected chi connectivity index (χ4v) is 3.47. The number of amides is 1. The molecule has 21 heavy (non-hydrogen) atoms. The minimum atomic E-state index is 0.135. The number of hydrogen-bond acceptors (Lipinski definition) is 3. The third kappa shape index (κ3) is 6.10. The molecule has 1 heterocycles. The van der Waals surface area contributed by atoms with Gasteiger partial charge in [0.15, 0.2) is 0 Å². The average molecular weight is 306 g/mol. The normalized spacial score (nSPS) is 19.4. The van der Waals surface area contributed by atoms with Crippen LogP contribution in [0.1, 0.15) is 32.6 Å². The number of rotatable bonds is 7. The van der Waals surface area contributed by atoms with Crippen molar-refractivity contribution >= 4 is 17.7 Å². The van der Waals surface area contributed by atoms with Crippen molar-refractivity contribution in [1.29, 1.82) is 0 Å². The summed E-state index contributed by atoms with van der Waals surface area (Å²) in [5.74, 6) is 0.639. The maximum absolute atomic E-state index is 11.8. The molecule has 3 nitrogen and oxygen atoms in total. The van der Waals surface area contributed by atoms with Gasteiger partial charge in [0.05, 0.1) is 5.75 Å². The Labute approximate surface area is 132 Å². The minimum Gasteiger partial charge on any atom is -0.355 e. The Hall–Kier alpha value is -1.00. The van der Waals surface area contributed by atoms with Crippen molar-refractivity contribution in [2.24, 2.45) is 0 Å². The van der Waals surface area contributed by atoms with Crippen LogP contribution in [0.4, 0.5) is 0 Å². The Morgan fingerprint density at radius 1 is 1.33 bits per heavy atom. The lowest BCUT2D eigenvalue weighted by Gasteiger charge is -2.33. The number of carbonyl (C=O) groups excluding carboxylic acids is 1. The van der Waals surface area contributed by atoms with E-state index in [-0.39, 0.29) is 5.91 Å². The average Bonchev–Trinajstić information content (AvgIpc) is 2.52. The fraction of sp³-hybridized carbons (Fsp3) is 0.588. The van der Waals surface area contributed by atoms with E-state index in [0.29, 0.717) is 11.8 Å². The maximum atomic E-state index is 11.8. The highest BCUT2D eigenvalue weighted by molar-refractivity contribution is 8.00. The van der Waals surface area contributed by atoms with Crippen LogP contribution in [0.5, 0.6) is 0 Å². The number of hydrogen-bond donors (Lipinski definition) is 1. The van der Waals surface area contributed by atoms with Crippen molar-refractivity contribution in [2.75, 3.05) is 25.4 Å². The van der Waals surface area contributed by atoms with Crippen molar-refractivity contribution in [3.8, 4) is 0 Å². The number of carbonyl (C=O) groups is 1. The second-order valence-corrected chi connectivity index (χ2v) is 6.73. The highest BCUT2D eigenvalue weighted by Gasteiger charge is 2.17. The third-order valence-electron chi connectivity index (χ3n) is 4.00. The summed E-state index contributed by atoms with van der Waals surface area (Å²) in [5, 5.41) is 3.02. The zero-order chi connectivity index (χ0) is 14.9. The van der Waals surface area contributed by atoms with Gasteiger partial charge in [-0.25, -0.2) is 0 Å². The Bertz CT molecular complexity index is 424. The van der Waals surface area contributed by atoms with Crippen LogP contribution >= 0.6 is 11.8 Å². The molecule has 1 atom stereocenters. The monoisotopic (exact) mass is 306 g/mol. The molecular weight excluding hydrogens is 280 g/mol. The van der Waals surface area contributed by atoms with Crippen LogP contribution in [0.3, 0.4) is 0 Å². The summed E-state index contributed by atoms with van der Waals surface area (Å²) in [4.78, 5) is 15.5. The molecule has 1 fully saturated rings. The molecule has 1 amide bonds. The number of likely N-dealkylation sites (tertiary alicyclic amines) is 1. The lowest BCUT2D eigenvalue weighted by atomic mass is 10.0. The van der Waals surface area contributed by atoms with Crippen molar-refractivity contribution in [1.82, 2.24) is 10.2 Å². The van der Waals surface area contributed by atoms with Gasteiger partial charge in [0.2, 0.25) is 5.91 Å². The molecule has 1 saturated heterocycles.